The number of nitrogens with one attached hydrogen (secondary N) is 2. The van der Waals surface area contributed by atoms with E-state index in [0.29, 0.717) is 31.0 Å². The van der Waals surface area contributed by atoms with Gasteiger partial charge in [0.15, 0.2) is 0 Å². The highest BCUT2D eigenvalue weighted by Gasteiger charge is 2.23. The molecule has 0 aliphatic carbocycles. The molecule has 0 bridgehead atoms. The average molecular weight is 405 g/mol. The number of benzene rings is 1. The van der Waals surface area contributed by atoms with Gasteiger partial charge in [0.2, 0.25) is 5.91 Å². The largest absolute Gasteiger partial charge is 0.378 e. The second-order valence-electron chi connectivity index (χ2n) is 5.88. The van der Waals surface area contributed by atoms with Gasteiger partial charge >= 0.3 is 0 Å². The van der Waals surface area contributed by atoms with Crippen molar-refractivity contribution in [1.29, 1.82) is 0 Å². The van der Waals surface area contributed by atoms with E-state index < -0.39 is 6.04 Å². The molecule has 1 aliphatic heterocycles. The van der Waals surface area contributed by atoms with Gasteiger partial charge in [0.1, 0.15) is 17.7 Å². The smallest absolute Gasteiger partial charge is 0.222 e. The molecular formula is C17H23Cl2FN4O2. The number of halogens is 3. The van der Waals surface area contributed by atoms with E-state index in [1.54, 1.807) is 24.5 Å². The summed E-state index contributed by atoms with van der Waals surface area (Å²) in [6.45, 7) is 1.92. The van der Waals surface area contributed by atoms with Crippen molar-refractivity contribution in [1.82, 2.24) is 20.2 Å². The van der Waals surface area contributed by atoms with Gasteiger partial charge in [-0.1, -0.05) is 12.1 Å². The molecule has 1 aromatic carbocycles. The van der Waals surface area contributed by atoms with Crippen LogP contribution in [0.15, 0.2) is 36.7 Å². The lowest BCUT2D eigenvalue weighted by Crippen LogP contribution is -2.44. The quantitative estimate of drug-likeness (QED) is 0.799. The summed E-state index contributed by atoms with van der Waals surface area (Å²) in [7, 11) is 1.84. The van der Waals surface area contributed by atoms with Crippen molar-refractivity contribution in [3.8, 4) is 0 Å². The zero-order chi connectivity index (χ0) is 16.9. The van der Waals surface area contributed by atoms with Crippen molar-refractivity contribution in [3.05, 3.63) is 53.9 Å². The Labute approximate surface area is 164 Å². The van der Waals surface area contributed by atoms with Crippen molar-refractivity contribution in [2.45, 2.75) is 18.5 Å². The van der Waals surface area contributed by atoms with Crippen LogP contribution in [-0.2, 0) is 16.6 Å². The normalized spacial score (nSPS) is 17.5. The molecule has 1 aliphatic rings. The molecule has 3 rings (SSSR count). The lowest BCUT2D eigenvalue weighted by Gasteiger charge is -2.25. The Morgan fingerprint density at radius 3 is 2.92 bits per heavy atom. The maximum Gasteiger partial charge on any atom is 0.222 e. The van der Waals surface area contributed by atoms with Crippen LogP contribution in [0, 0.1) is 5.82 Å². The summed E-state index contributed by atoms with van der Waals surface area (Å²) in [5, 5.41) is 6.22. The molecule has 2 atom stereocenters. The molecule has 2 N–H and O–H groups in total. The van der Waals surface area contributed by atoms with Crippen LogP contribution >= 0.6 is 24.8 Å². The fourth-order valence-corrected chi connectivity index (χ4v) is 2.83. The molecule has 2 unspecified atom stereocenters. The van der Waals surface area contributed by atoms with Gasteiger partial charge in [-0.05, 0) is 17.7 Å². The summed E-state index contributed by atoms with van der Waals surface area (Å²) in [6.07, 6.45) is 3.75. The molecule has 1 amide bonds. The summed E-state index contributed by atoms with van der Waals surface area (Å²) < 4.78 is 20.8. The van der Waals surface area contributed by atoms with Crippen LogP contribution in [-0.4, -0.2) is 41.3 Å². The number of carbonyl (C=O) groups excluding carboxylic acids is 1. The second kappa shape index (κ2) is 10.5. The van der Waals surface area contributed by atoms with Gasteiger partial charge in [-0.25, -0.2) is 9.37 Å². The fraction of sp³-hybridized carbons (Fsp3) is 0.412. The standard InChI is InChI=1S/C17H21FN4O2.2ClH/c1-22-7-5-20-17(22)16(12-3-2-4-13(18)9-12)21-15(23)10-14-11-24-8-6-19-14;;/h2-5,7,9,14,16,19H,6,8,10-11H2,1H3,(H,21,23);2*1H. The lowest BCUT2D eigenvalue weighted by atomic mass is 10.0. The van der Waals surface area contributed by atoms with Crippen LogP contribution in [0.3, 0.4) is 0 Å². The molecule has 26 heavy (non-hydrogen) atoms. The van der Waals surface area contributed by atoms with E-state index in [1.165, 1.54) is 12.1 Å². The van der Waals surface area contributed by atoms with Gasteiger partial charge in [0, 0.05) is 38.4 Å². The van der Waals surface area contributed by atoms with Gasteiger partial charge in [-0.15, -0.1) is 24.8 Å². The minimum absolute atomic E-state index is 0. The van der Waals surface area contributed by atoms with Crippen molar-refractivity contribution in [2.24, 2.45) is 7.05 Å². The molecule has 9 heteroatoms. The molecule has 1 saturated heterocycles. The van der Waals surface area contributed by atoms with Crippen LogP contribution < -0.4 is 10.6 Å². The Morgan fingerprint density at radius 2 is 2.31 bits per heavy atom. The van der Waals surface area contributed by atoms with Crippen molar-refractivity contribution < 1.29 is 13.9 Å². The first-order valence-electron chi connectivity index (χ1n) is 7.96. The van der Waals surface area contributed by atoms with Crippen molar-refractivity contribution >= 4 is 30.7 Å². The van der Waals surface area contributed by atoms with Crippen LogP contribution in [0.4, 0.5) is 4.39 Å². The number of aryl methyl sites for hydroxylation is 1. The van der Waals surface area contributed by atoms with Crippen LogP contribution in [0.2, 0.25) is 0 Å². The molecule has 144 valence electrons. The van der Waals surface area contributed by atoms with Crippen LogP contribution in [0.25, 0.3) is 0 Å². The summed E-state index contributed by atoms with van der Waals surface area (Å²) in [6, 6.07) is 5.70. The average Bonchev–Trinajstić information content (AvgIpc) is 2.99. The summed E-state index contributed by atoms with van der Waals surface area (Å²) in [5.74, 6) is 0.181. The van der Waals surface area contributed by atoms with E-state index in [4.69, 9.17) is 4.74 Å². The number of amides is 1. The first-order valence-corrected chi connectivity index (χ1v) is 7.96. The lowest BCUT2D eigenvalue weighted by molar-refractivity contribution is -0.122. The third kappa shape index (κ3) is 5.67. The zero-order valence-electron chi connectivity index (χ0n) is 14.4. The third-order valence-electron chi connectivity index (χ3n) is 4.03. The maximum absolute atomic E-state index is 13.6. The van der Waals surface area contributed by atoms with Crippen molar-refractivity contribution in [2.75, 3.05) is 19.8 Å². The zero-order valence-corrected chi connectivity index (χ0v) is 16.0. The number of carbonyl (C=O) groups is 1. The van der Waals surface area contributed by atoms with Gasteiger partial charge in [0.25, 0.3) is 0 Å². The monoisotopic (exact) mass is 404 g/mol. The van der Waals surface area contributed by atoms with E-state index in [2.05, 4.69) is 15.6 Å². The Bertz CT molecular complexity index is 708. The van der Waals surface area contributed by atoms with E-state index in [-0.39, 0.29) is 42.6 Å². The molecule has 0 spiro atoms. The highest BCUT2D eigenvalue weighted by atomic mass is 35.5. The minimum Gasteiger partial charge on any atom is -0.378 e. The number of hydrogen-bond donors (Lipinski definition) is 2. The van der Waals surface area contributed by atoms with Crippen molar-refractivity contribution in [3.63, 3.8) is 0 Å². The molecule has 6 nitrogen and oxygen atoms in total. The SMILES string of the molecule is Cl.Cl.Cn1ccnc1C(NC(=O)CC1COCCN1)c1cccc(F)c1. The Morgan fingerprint density at radius 1 is 1.50 bits per heavy atom. The first-order chi connectivity index (χ1) is 11.6. The second-order valence-corrected chi connectivity index (χ2v) is 5.88. The number of hydrogen-bond acceptors (Lipinski definition) is 4. The Balaban J connectivity index is 0.00000169. The third-order valence-corrected chi connectivity index (χ3v) is 4.03. The minimum atomic E-state index is -0.502. The summed E-state index contributed by atoms with van der Waals surface area (Å²) in [5.41, 5.74) is 0.658. The molecular weight excluding hydrogens is 382 g/mol. The number of ether oxygens (including phenoxy) is 1. The van der Waals surface area contributed by atoms with Gasteiger partial charge in [-0.3, -0.25) is 4.79 Å². The molecule has 1 fully saturated rings. The van der Waals surface area contributed by atoms with Gasteiger partial charge in [-0.2, -0.15) is 0 Å². The van der Waals surface area contributed by atoms with E-state index in [1.807, 2.05) is 11.6 Å². The maximum atomic E-state index is 13.6. The van der Waals surface area contributed by atoms with E-state index >= 15 is 0 Å². The molecule has 2 heterocycles. The predicted molar refractivity (Wildman–Crippen MR) is 101 cm³/mol. The highest BCUT2D eigenvalue weighted by molar-refractivity contribution is 5.85. The molecule has 2 aromatic rings. The summed E-state index contributed by atoms with van der Waals surface area (Å²) >= 11 is 0. The van der Waals surface area contributed by atoms with E-state index in [0.717, 1.165) is 6.54 Å². The molecule has 0 saturated carbocycles. The predicted octanol–water partition coefficient (Wildman–Crippen LogP) is 1.99. The number of rotatable bonds is 5. The number of nitrogens with zero attached hydrogens (tertiary/aromatic N) is 2. The number of imidazole rings is 1. The van der Waals surface area contributed by atoms with Gasteiger partial charge in [0.05, 0.1) is 13.2 Å². The Hall–Kier alpha value is -1.67. The topological polar surface area (TPSA) is 68.2 Å². The Kier molecular flexibility index (Phi) is 9.01. The van der Waals surface area contributed by atoms with Crippen LogP contribution in [0.1, 0.15) is 23.9 Å². The number of aromatic nitrogens is 2. The first kappa shape index (κ1) is 22.4. The van der Waals surface area contributed by atoms with Crippen LogP contribution in [0.5, 0.6) is 0 Å². The number of morpholine rings is 1. The highest BCUT2D eigenvalue weighted by Crippen LogP contribution is 2.21. The van der Waals surface area contributed by atoms with Gasteiger partial charge < -0.3 is 19.9 Å². The fourth-order valence-electron chi connectivity index (χ4n) is 2.83. The molecule has 1 aromatic heterocycles. The molecule has 0 radical (unpaired) electrons. The summed E-state index contributed by atoms with van der Waals surface area (Å²) in [4.78, 5) is 16.8. The van der Waals surface area contributed by atoms with E-state index in [9.17, 15) is 9.18 Å².